The highest BCUT2D eigenvalue weighted by Crippen LogP contribution is 2.25. The summed E-state index contributed by atoms with van der Waals surface area (Å²) in [5.41, 5.74) is 2.29. The lowest BCUT2D eigenvalue weighted by atomic mass is 10.1. The third-order valence-electron chi connectivity index (χ3n) is 2.85. The van der Waals surface area contributed by atoms with Gasteiger partial charge in [0, 0.05) is 17.6 Å². The minimum Gasteiger partial charge on any atom is -0.443 e. The first-order valence-corrected chi connectivity index (χ1v) is 6.31. The Morgan fingerprint density at radius 3 is 2.68 bits per heavy atom. The summed E-state index contributed by atoms with van der Waals surface area (Å²) in [7, 11) is 0. The Balaban J connectivity index is 2.26. The van der Waals surface area contributed by atoms with Crippen LogP contribution in [0.5, 0.6) is 0 Å². The summed E-state index contributed by atoms with van der Waals surface area (Å²) in [4.78, 5) is 4.22. The van der Waals surface area contributed by atoms with Crippen molar-refractivity contribution in [2.75, 3.05) is 0 Å². The molecule has 0 radical (unpaired) electrons. The van der Waals surface area contributed by atoms with Gasteiger partial charge in [0.2, 0.25) is 0 Å². The predicted octanol–water partition coefficient (Wildman–Crippen LogP) is 3.68. The Hall–Kier alpha value is -1.68. The first kappa shape index (κ1) is 13.7. The van der Waals surface area contributed by atoms with E-state index in [0.717, 1.165) is 11.3 Å². The molecular weight excluding hydrogens is 243 g/mol. The number of nitrogens with one attached hydrogen (secondary N) is 1. The monoisotopic (exact) mass is 262 g/mol. The molecule has 4 heteroatoms. The molecule has 0 amide bonds. The maximum absolute atomic E-state index is 13.3. The van der Waals surface area contributed by atoms with Crippen molar-refractivity contribution in [3.05, 3.63) is 41.7 Å². The van der Waals surface area contributed by atoms with E-state index in [0.29, 0.717) is 17.9 Å². The summed E-state index contributed by atoms with van der Waals surface area (Å²) < 4.78 is 18.7. The highest BCUT2D eigenvalue weighted by atomic mass is 19.1. The summed E-state index contributed by atoms with van der Waals surface area (Å²) >= 11 is 0. The summed E-state index contributed by atoms with van der Waals surface area (Å²) in [5, 5.41) is 3.36. The number of aromatic nitrogens is 1. The maximum atomic E-state index is 13.3. The van der Waals surface area contributed by atoms with Crippen LogP contribution in [0.4, 0.5) is 4.39 Å². The van der Waals surface area contributed by atoms with Crippen molar-refractivity contribution in [1.29, 1.82) is 0 Å². The lowest BCUT2D eigenvalue weighted by Gasteiger charge is -2.19. The fourth-order valence-electron chi connectivity index (χ4n) is 1.76. The first-order valence-electron chi connectivity index (χ1n) is 6.31. The normalized spacial score (nSPS) is 11.8. The lowest BCUT2D eigenvalue weighted by molar-refractivity contribution is 0.421. The second-order valence-corrected chi connectivity index (χ2v) is 5.70. The van der Waals surface area contributed by atoms with Gasteiger partial charge < -0.3 is 9.73 Å². The summed E-state index contributed by atoms with van der Waals surface area (Å²) in [6.07, 6.45) is 1.42. The molecule has 0 aliphatic carbocycles. The molecule has 3 nitrogen and oxygen atoms in total. The van der Waals surface area contributed by atoms with E-state index in [2.05, 4.69) is 31.1 Å². The average molecular weight is 262 g/mol. The quantitative estimate of drug-likeness (QED) is 0.917. The van der Waals surface area contributed by atoms with Crippen molar-refractivity contribution in [3.8, 4) is 11.3 Å². The molecule has 0 atom stereocenters. The van der Waals surface area contributed by atoms with Crippen LogP contribution in [0.3, 0.4) is 0 Å². The van der Waals surface area contributed by atoms with Gasteiger partial charge in [0.1, 0.15) is 11.5 Å². The van der Waals surface area contributed by atoms with Crippen LogP contribution in [0.25, 0.3) is 11.3 Å². The van der Waals surface area contributed by atoms with E-state index in [1.807, 2.05) is 0 Å². The predicted molar refractivity (Wildman–Crippen MR) is 73.2 cm³/mol. The molecule has 0 aliphatic heterocycles. The van der Waals surface area contributed by atoms with Crippen LogP contribution in [0, 0.1) is 12.7 Å². The standard InChI is InChI=1S/C15H19FN2O/c1-10-7-11(5-6-12(10)16)14-13(17-9-19-14)8-18-15(2,3)4/h5-7,9,18H,8H2,1-4H3. The number of benzene rings is 1. The van der Waals surface area contributed by atoms with Crippen LogP contribution in [0.1, 0.15) is 32.0 Å². The van der Waals surface area contributed by atoms with E-state index < -0.39 is 0 Å². The number of aryl methyl sites for hydroxylation is 1. The molecule has 0 unspecified atom stereocenters. The van der Waals surface area contributed by atoms with Crippen molar-refractivity contribution in [1.82, 2.24) is 10.3 Å². The number of hydrogen-bond acceptors (Lipinski definition) is 3. The van der Waals surface area contributed by atoms with Gasteiger partial charge in [0.25, 0.3) is 0 Å². The molecule has 2 rings (SSSR count). The molecule has 1 heterocycles. The van der Waals surface area contributed by atoms with E-state index in [1.165, 1.54) is 12.5 Å². The third-order valence-corrected chi connectivity index (χ3v) is 2.85. The average Bonchev–Trinajstić information content (AvgIpc) is 2.77. The van der Waals surface area contributed by atoms with Gasteiger partial charge in [-0.05, 0) is 51.5 Å². The highest BCUT2D eigenvalue weighted by molar-refractivity contribution is 5.60. The molecule has 1 aromatic carbocycles. The topological polar surface area (TPSA) is 38.1 Å². The van der Waals surface area contributed by atoms with E-state index in [4.69, 9.17) is 4.42 Å². The summed E-state index contributed by atoms with van der Waals surface area (Å²) in [6, 6.07) is 4.94. The minimum atomic E-state index is -0.211. The zero-order chi connectivity index (χ0) is 14.0. The van der Waals surface area contributed by atoms with Crippen LogP contribution in [-0.4, -0.2) is 10.5 Å². The van der Waals surface area contributed by atoms with Crippen molar-refractivity contribution in [3.63, 3.8) is 0 Å². The van der Waals surface area contributed by atoms with Crippen LogP contribution in [0.15, 0.2) is 29.0 Å². The molecule has 0 saturated carbocycles. The number of halogens is 1. The molecular formula is C15H19FN2O. The van der Waals surface area contributed by atoms with Crippen molar-refractivity contribution in [2.45, 2.75) is 39.8 Å². The van der Waals surface area contributed by atoms with Crippen LogP contribution < -0.4 is 5.32 Å². The van der Waals surface area contributed by atoms with Crippen molar-refractivity contribution < 1.29 is 8.81 Å². The Morgan fingerprint density at radius 1 is 1.32 bits per heavy atom. The Labute approximate surface area is 112 Å². The second kappa shape index (κ2) is 5.13. The number of hydrogen-bond donors (Lipinski definition) is 1. The molecule has 0 saturated heterocycles. The molecule has 102 valence electrons. The molecule has 0 bridgehead atoms. The molecule has 2 aromatic rings. The lowest BCUT2D eigenvalue weighted by Crippen LogP contribution is -2.35. The molecule has 0 fully saturated rings. The van der Waals surface area contributed by atoms with Crippen LogP contribution in [-0.2, 0) is 6.54 Å². The zero-order valence-electron chi connectivity index (χ0n) is 11.7. The largest absolute Gasteiger partial charge is 0.443 e. The smallest absolute Gasteiger partial charge is 0.181 e. The molecule has 1 N–H and O–H groups in total. The van der Waals surface area contributed by atoms with Gasteiger partial charge in [-0.3, -0.25) is 0 Å². The van der Waals surface area contributed by atoms with E-state index in [1.54, 1.807) is 19.1 Å². The molecule has 0 aliphatic rings. The minimum absolute atomic E-state index is 0.00886. The van der Waals surface area contributed by atoms with Crippen molar-refractivity contribution >= 4 is 0 Å². The first-order chi connectivity index (χ1) is 8.87. The Morgan fingerprint density at radius 2 is 2.05 bits per heavy atom. The molecule has 0 spiro atoms. The molecule has 1 aromatic heterocycles. The Kier molecular flexibility index (Phi) is 3.71. The van der Waals surface area contributed by atoms with Crippen molar-refractivity contribution in [2.24, 2.45) is 0 Å². The van der Waals surface area contributed by atoms with E-state index in [9.17, 15) is 4.39 Å². The van der Waals surface area contributed by atoms with Crippen LogP contribution >= 0.6 is 0 Å². The summed E-state index contributed by atoms with van der Waals surface area (Å²) in [5.74, 6) is 0.484. The summed E-state index contributed by atoms with van der Waals surface area (Å²) in [6.45, 7) is 8.63. The number of nitrogens with zero attached hydrogens (tertiary/aromatic N) is 1. The SMILES string of the molecule is Cc1cc(-c2ocnc2CNC(C)(C)C)ccc1F. The van der Waals surface area contributed by atoms with Gasteiger partial charge in [-0.1, -0.05) is 0 Å². The van der Waals surface area contributed by atoms with Gasteiger partial charge in [-0.2, -0.15) is 0 Å². The zero-order valence-corrected chi connectivity index (χ0v) is 11.7. The van der Waals surface area contributed by atoms with Gasteiger partial charge >= 0.3 is 0 Å². The van der Waals surface area contributed by atoms with E-state index in [-0.39, 0.29) is 11.4 Å². The van der Waals surface area contributed by atoms with Gasteiger partial charge in [0.15, 0.2) is 12.2 Å². The third kappa shape index (κ3) is 3.41. The van der Waals surface area contributed by atoms with Crippen LogP contribution in [0.2, 0.25) is 0 Å². The Bertz CT molecular complexity index is 570. The highest BCUT2D eigenvalue weighted by Gasteiger charge is 2.15. The van der Waals surface area contributed by atoms with E-state index >= 15 is 0 Å². The maximum Gasteiger partial charge on any atom is 0.181 e. The fourth-order valence-corrected chi connectivity index (χ4v) is 1.76. The molecule has 19 heavy (non-hydrogen) atoms. The fraction of sp³-hybridized carbons (Fsp3) is 0.400. The van der Waals surface area contributed by atoms with Gasteiger partial charge in [-0.25, -0.2) is 9.37 Å². The number of rotatable bonds is 3. The number of oxazole rings is 1. The second-order valence-electron chi connectivity index (χ2n) is 5.70. The van der Waals surface area contributed by atoms with Gasteiger partial charge in [0.05, 0.1) is 0 Å². The van der Waals surface area contributed by atoms with Gasteiger partial charge in [-0.15, -0.1) is 0 Å².